The van der Waals surface area contributed by atoms with Gasteiger partial charge in [0.1, 0.15) is 6.54 Å². The number of nitrogens with one attached hydrogen (secondary N) is 1. The summed E-state index contributed by atoms with van der Waals surface area (Å²) < 4.78 is 1.12. The summed E-state index contributed by atoms with van der Waals surface area (Å²) in [6, 6.07) is 7.57. The van der Waals surface area contributed by atoms with Gasteiger partial charge in [-0.3, -0.25) is 4.79 Å². The molecule has 8 heteroatoms. The number of amides is 1. The quantitative estimate of drug-likeness (QED) is 0.645. The first kappa shape index (κ1) is 14.6. The third-order valence-corrected chi connectivity index (χ3v) is 2.77. The van der Waals surface area contributed by atoms with E-state index in [4.69, 9.17) is 0 Å². The Labute approximate surface area is 121 Å². The molecule has 2 aromatic rings. The van der Waals surface area contributed by atoms with E-state index in [-0.39, 0.29) is 12.5 Å². The molecule has 0 radical (unpaired) electrons. The van der Waals surface area contributed by atoms with Gasteiger partial charge in [0.15, 0.2) is 0 Å². The normalized spacial score (nSPS) is 10.3. The number of hydrogen-bond acceptors (Lipinski definition) is 5. The molecule has 0 bridgehead atoms. The Kier molecular flexibility index (Phi) is 4.60. The third-order valence-electron chi connectivity index (χ3n) is 2.77. The minimum atomic E-state index is -0.707. The summed E-state index contributed by atoms with van der Waals surface area (Å²) in [7, 11) is 0. The molecule has 2 rings (SSSR count). The zero-order valence-corrected chi connectivity index (χ0v) is 11.5. The lowest BCUT2D eigenvalue weighted by molar-refractivity contribution is -0.394. The molecule has 0 saturated carbocycles. The van der Waals surface area contributed by atoms with Crippen LogP contribution in [0.15, 0.2) is 30.6 Å². The molecule has 0 atom stereocenters. The molecule has 0 unspecified atom stereocenters. The van der Waals surface area contributed by atoms with Crippen LogP contribution in [-0.4, -0.2) is 25.6 Å². The number of anilines is 1. The van der Waals surface area contributed by atoms with Crippen LogP contribution in [0.3, 0.4) is 0 Å². The van der Waals surface area contributed by atoms with Gasteiger partial charge in [0.2, 0.25) is 12.2 Å². The van der Waals surface area contributed by atoms with Crippen molar-refractivity contribution in [1.82, 2.24) is 14.8 Å². The monoisotopic (exact) mass is 289 g/mol. The average Bonchev–Trinajstić information content (AvgIpc) is 2.90. The first-order valence-corrected chi connectivity index (χ1v) is 6.51. The number of aryl methyl sites for hydroxylation is 1. The molecule has 110 valence electrons. The van der Waals surface area contributed by atoms with Crippen LogP contribution in [0.5, 0.6) is 0 Å². The van der Waals surface area contributed by atoms with E-state index in [1.807, 2.05) is 24.3 Å². The first-order valence-electron chi connectivity index (χ1n) is 6.51. The second kappa shape index (κ2) is 6.60. The summed E-state index contributed by atoms with van der Waals surface area (Å²) in [6.07, 6.45) is 3.22. The van der Waals surface area contributed by atoms with E-state index < -0.39 is 10.9 Å². The second-order valence-electron chi connectivity index (χ2n) is 4.49. The van der Waals surface area contributed by atoms with Gasteiger partial charge in [0, 0.05) is 10.8 Å². The zero-order valence-electron chi connectivity index (χ0n) is 11.5. The van der Waals surface area contributed by atoms with Crippen LogP contribution < -0.4 is 5.32 Å². The van der Waals surface area contributed by atoms with Crippen LogP contribution in [-0.2, 0) is 17.8 Å². The lowest BCUT2D eigenvalue weighted by atomic mass is 10.1. The molecule has 0 saturated heterocycles. The number of carbonyl (C=O) groups is 1. The highest BCUT2D eigenvalue weighted by Gasteiger charge is 2.15. The number of carbonyl (C=O) groups excluding carboxylic acids is 1. The Morgan fingerprint density at radius 1 is 1.38 bits per heavy atom. The predicted octanol–water partition coefficient (Wildman–Crippen LogP) is 1.78. The van der Waals surface area contributed by atoms with Crippen LogP contribution in [0.2, 0.25) is 0 Å². The molecule has 1 heterocycles. The van der Waals surface area contributed by atoms with Crippen LogP contribution >= 0.6 is 0 Å². The number of rotatable bonds is 6. The van der Waals surface area contributed by atoms with Crippen molar-refractivity contribution in [1.29, 1.82) is 0 Å². The second-order valence-corrected chi connectivity index (χ2v) is 4.49. The van der Waals surface area contributed by atoms with E-state index in [0.29, 0.717) is 5.69 Å². The van der Waals surface area contributed by atoms with Gasteiger partial charge in [-0.25, -0.2) is 0 Å². The Balaban J connectivity index is 1.92. The molecule has 0 aliphatic carbocycles. The van der Waals surface area contributed by atoms with Crippen molar-refractivity contribution >= 4 is 17.5 Å². The van der Waals surface area contributed by atoms with E-state index in [1.165, 1.54) is 5.56 Å². The van der Waals surface area contributed by atoms with Crippen LogP contribution in [0, 0.1) is 10.1 Å². The van der Waals surface area contributed by atoms with E-state index in [1.54, 1.807) is 0 Å². The Bertz CT molecular complexity index is 636. The van der Waals surface area contributed by atoms with Crippen molar-refractivity contribution in [2.24, 2.45) is 0 Å². The maximum atomic E-state index is 11.8. The smallest absolute Gasteiger partial charge is 0.390 e. The molecule has 0 fully saturated rings. The summed E-state index contributed by atoms with van der Waals surface area (Å²) in [5, 5.41) is 16.7. The zero-order chi connectivity index (χ0) is 15.2. The summed E-state index contributed by atoms with van der Waals surface area (Å²) in [5.74, 6) is -0.843. The van der Waals surface area contributed by atoms with Crippen molar-refractivity contribution in [3.8, 4) is 0 Å². The van der Waals surface area contributed by atoms with E-state index in [2.05, 4.69) is 22.3 Å². The number of aromatic nitrogens is 3. The maximum absolute atomic E-state index is 11.8. The van der Waals surface area contributed by atoms with Crippen molar-refractivity contribution in [3.63, 3.8) is 0 Å². The average molecular weight is 289 g/mol. The molecule has 0 aliphatic heterocycles. The highest BCUT2D eigenvalue weighted by Crippen LogP contribution is 2.11. The summed E-state index contributed by atoms with van der Waals surface area (Å²) in [5.41, 5.74) is 1.89. The molecule has 1 aromatic carbocycles. The van der Waals surface area contributed by atoms with Gasteiger partial charge >= 0.3 is 5.95 Å². The predicted molar refractivity (Wildman–Crippen MR) is 75.7 cm³/mol. The summed E-state index contributed by atoms with van der Waals surface area (Å²) in [4.78, 5) is 25.0. The molecule has 21 heavy (non-hydrogen) atoms. The van der Waals surface area contributed by atoms with Gasteiger partial charge in [-0.1, -0.05) is 30.5 Å². The van der Waals surface area contributed by atoms with Gasteiger partial charge in [0.25, 0.3) is 0 Å². The largest absolute Gasteiger partial charge is 0.490 e. The van der Waals surface area contributed by atoms with Gasteiger partial charge in [0.05, 0.1) is 0 Å². The third kappa shape index (κ3) is 4.10. The molecule has 1 N–H and O–H groups in total. The molecular formula is C13H15N5O3. The minimum Gasteiger partial charge on any atom is -0.390 e. The van der Waals surface area contributed by atoms with Gasteiger partial charge < -0.3 is 15.4 Å². The topological polar surface area (TPSA) is 103 Å². The highest BCUT2D eigenvalue weighted by atomic mass is 16.6. The minimum absolute atomic E-state index is 0.127. The van der Waals surface area contributed by atoms with E-state index in [0.717, 1.165) is 23.9 Å². The van der Waals surface area contributed by atoms with E-state index in [9.17, 15) is 14.9 Å². The van der Waals surface area contributed by atoms with Crippen molar-refractivity contribution in [2.45, 2.75) is 26.3 Å². The number of nitro groups is 1. The Morgan fingerprint density at radius 2 is 2.10 bits per heavy atom. The Hall–Kier alpha value is -2.77. The molecule has 0 spiro atoms. The fourth-order valence-corrected chi connectivity index (χ4v) is 1.84. The number of benzene rings is 1. The highest BCUT2D eigenvalue weighted by molar-refractivity contribution is 5.90. The van der Waals surface area contributed by atoms with Gasteiger partial charge in [-0.2, -0.15) is 4.68 Å². The molecule has 8 nitrogen and oxygen atoms in total. The lowest BCUT2D eigenvalue weighted by Gasteiger charge is -2.05. The lowest BCUT2D eigenvalue weighted by Crippen LogP contribution is -2.19. The van der Waals surface area contributed by atoms with Crippen molar-refractivity contribution in [2.75, 3.05) is 5.32 Å². The Morgan fingerprint density at radius 3 is 2.67 bits per heavy atom. The summed E-state index contributed by atoms with van der Waals surface area (Å²) >= 11 is 0. The number of nitrogens with zero attached hydrogens (tertiary/aromatic N) is 4. The molecule has 1 aromatic heterocycles. The van der Waals surface area contributed by atoms with Gasteiger partial charge in [-0.15, -0.1) is 0 Å². The van der Waals surface area contributed by atoms with Crippen molar-refractivity contribution < 1.29 is 9.72 Å². The summed E-state index contributed by atoms with van der Waals surface area (Å²) in [6.45, 7) is 1.98. The van der Waals surface area contributed by atoms with Crippen LogP contribution in [0.4, 0.5) is 11.6 Å². The van der Waals surface area contributed by atoms with Gasteiger partial charge in [-0.05, 0) is 29.0 Å². The van der Waals surface area contributed by atoms with Crippen LogP contribution in [0.25, 0.3) is 0 Å². The van der Waals surface area contributed by atoms with E-state index >= 15 is 0 Å². The SMILES string of the molecule is CCCc1ccc(NC(=O)Cn2cnc([N+](=O)[O-])n2)cc1. The fraction of sp³-hybridized carbons (Fsp3) is 0.308. The first-order chi connectivity index (χ1) is 10.1. The molecule has 1 amide bonds. The van der Waals surface area contributed by atoms with Crippen molar-refractivity contribution in [3.05, 3.63) is 46.3 Å². The molecule has 0 aliphatic rings. The maximum Gasteiger partial charge on any atom is 0.490 e. The number of hydrogen-bond donors (Lipinski definition) is 1. The van der Waals surface area contributed by atoms with Crippen LogP contribution in [0.1, 0.15) is 18.9 Å². The molecular weight excluding hydrogens is 274 g/mol. The standard InChI is InChI=1S/C13H15N5O3/c1-2-3-10-4-6-11(7-5-10)15-12(19)8-17-9-14-13(16-17)18(20)21/h4-7,9H,2-3,8H2,1H3,(H,15,19). The fourth-order valence-electron chi connectivity index (χ4n) is 1.84.